The predicted molar refractivity (Wildman–Crippen MR) is 62.0 cm³/mol. The molecule has 1 atom stereocenters. The van der Waals surface area contributed by atoms with Crippen molar-refractivity contribution >= 4 is 5.91 Å². The molecule has 1 fully saturated rings. The van der Waals surface area contributed by atoms with E-state index in [0.29, 0.717) is 19.1 Å². The van der Waals surface area contributed by atoms with Crippen LogP contribution in [-0.4, -0.2) is 36.9 Å². The van der Waals surface area contributed by atoms with E-state index in [1.807, 2.05) is 0 Å². The average molecular weight is 229 g/mol. The Morgan fingerprint density at radius 2 is 2.06 bits per heavy atom. The lowest BCUT2D eigenvalue weighted by atomic mass is 9.98. The zero-order valence-electron chi connectivity index (χ0n) is 10.2. The van der Waals surface area contributed by atoms with Crippen molar-refractivity contribution in [1.82, 2.24) is 5.32 Å². The minimum Gasteiger partial charge on any atom is -0.394 e. The van der Waals surface area contributed by atoms with Crippen LogP contribution in [0.5, 0.6) is 0 Å². The molecule has 0 saturated carbocycles. The maximum absolute atomic E-state index is 11.9. The lowest BCUT2D eigenvalue weighted by Crippen LogP contribution is -2.43. The van der Waals surface area contributed by atoms with Crippen LogP contribution in [0, 0.1) is 11.8 Å². The van der Waals surface area contributed by atoms with Gasteiger partial charge in [0, 0.05) is 19.1 Å². The summed E-state index contributed by atoms with van der Waals surface area (Å²) in [4.78, 5) is 11.9. The Morgan fingerprint density at radius 1 is 1.44 bits per heavy atom. The molecule has 1 unspecified atom stereocenters. The molecule has 4 heteroatoms. The van der Waals surface area contributed by atoms with E-state index in [-0.39, 0.29) is 24.5 Å². The third-order valence-electron chi connectivity index (χ3n) is 2.91. The largest absolute Gasteiger partial charge is 0.394 e. The highest BCUT2D eigenvalue weighted by molar-refractivity contribution is 5.79. The highest BCUT2D eigenvalue weighted by Gasteiger charge is 2.23. The Labute approximate surface area is 97.4 Å². The molecule has 1 aliphatic heterocycles. The van der Waals surface area contributed by atoms with Gasteiger partial charge in [0.1, 0.15) is 0 Å². The number of rotatable bonds is 5. The first kappa shape index (κ1) is 13.5. The molecule has 1 heterocycles. The van der Waals surface area contributed by atoms with Crippen LogP contribution in [0.3, 0.4) is 0 Å². The Morgan fingerprint density at radius 3 is 2.56 bits per heavy atom. The second kappa shape index (κ2) is 6.86. The summed E-state index contributed by atoms with van der Waals surface area (Å²) in [5.41, 5.74) is 0. The second-order valence-electron chi connectivity index (χ2n) is 4.90. The van der Waals surface area contributed by atoms with Crippen LogP contribution in [0.25, 0.3) is 0 Å². The van der Waals surface area contributed by atoms with Crippen molar-refractivity contribution < 1.29 is 14.6 Å². The highest BCUT2D eigenvalue weighted by Crippen LogP contribution is 2.15. The van der Waals surface area contributed by atoms with Gasteiger partial charge in [0.15, 0.2) is 0 Å². The predicted octanol–water partition coefficient (Wildman–Crippen LogP) is 0.936. The van der Waals surface area contributed by atoms with E-state index < -0.39 is 0 Å². The summed E-state index contributed by atoms with van der Waals surface area (Å²) in [6.45, 7) is 5.54. The number of carbonyl (C=O) groups excluding carboxylic acids is 1. The van der Waals surface area contributed by atoms with Crippen molar-refractivity contribution in [3.63, 3.8) is 0 Å². The molecule has 0 bridgehead atoms. The molecule has 0 spiro atoms. The molecular formula is C12H23NO3. The zero-order chi connectivity index (χ0) is 12.0. The number of aliphatic hydroxyl groups excluding tert-OH is 1. The molecule has 1 rings (SSSR count). The van der Waals surface area contributed by atoms with Gasteiger partial charge in [0.25, 0.3) is 0 Å². The summed E-state index contributed by atoms with van der Waals surface area (Å²) in [7, 11) is 0. The Kier molecular flexibility index (Phi) is 5.77. The minimum atomic E-state index is -0.102. The van der Waals surface area contributed by atoms with Gasteiger partial charge in [-0.05, 0) is 25.2 Å². The number of nitrogens with one attached hydrogen (secondary N) is 1. The van der Waals surface area contributed by atoms with Crippen molar-refractivity contribution in [3.05, 3.63) is 0 Å². The number of amides is 1. The molecular weight excluding hydrogens is 206 g/mol. The molecule has 16 heavy (non-hydrogen) atoms. The average Bonchev–Trinajstić information content (AvgIpc) is 2.28. The van der Waals surface area contributed by atoms with Crippen molar-refractivity contribution in [2.45, 2.75) is 39.2 Å². The third kappa shape index (κ3) is 4.49. The SMILES string of the molecule is CC(C)CC(CO)NC(=O)C1CCOCC1. The topological polar surface area (TPSA) is 58.6 Å². The molecule has 1 amide bonds. The molecule has 0 radical (unpaired) electrons. The second-order valence-corrected chi connectivity index (χ2v) is 4.90. The summed E-state index contributed by atoms with van der Waals surface area (Å²) < 4.78 is 5.22. The van der Waals surface area contributed by atoms with Gasteiger partial charge in [-0.2, -0.15) is 0 Å². The van der Waals surface area contributed by atoms with E-state index in [1.54, 1.807) is 0 Å². The number of hydrogen-bond donors (Lipinski definition) is 2. The van der Waals surface area contributed by atoms with Gasteiger partial charge < -0.3 is 15.2 Å². The molecule has 2 N–H and O–H groups in total. The van der Waals surface area contributed by atoms with Crippen molar-refractivity contribution in [3.8, 4) is 0 Å². The van der Waals surface area contributed by atoms with E-state index in [2.05, 4.69) is 19.2 Å². The molecule has 0 aromatic heterocycles. The van der Waals surface area contributed by atoms with E-state index in [4.69, 9.17) is 4.74 Å². The van der Waals surface area contributed by atoms with Gasteiger partial charge in [0.05, 0.1) is 12.6 Å². The maximum atomic E-state index is 11.9. The lowest BCUT2D eigenvalue weighted by Gasteiger charge is -2.25. The van der Waals surface area contributed by atoms with Crippen LogP contribution in [0.4, 0.5) is 0 Å². The summed E-state index contributed by atoms with van der Waals surface area (Å²) in [6.07, 6.45) is 2.42. The Bertz CT molecular complexity index is 212. The van der Waals surface area contributed by atoms with Crippen molar-refractivity contribution in [1.29, 1.82) is 0 Å². The van der Waals surface area contributed by atoms with Crippen molar-refractivity contribution in [2.75, 3.05) is 19.8 Å². The van der Waals surface area contributed by atoms with Crippen LogP contribution in [0.2, 0.25) is 0 Å². The molecule has 0 aromatic carbocycles. The fourth-order valence-electron chi connectivity index (χ4n) is 2.03. The van der Waals surface area contributed by atoms with Gasteiger partial charge in [-0.25, -0.2) is 0 Å². The van der Waals surface area contributed by atoms with E-state index in [0.717, 1.165) is 19.3 Å². The normalized spacial score (nSPS) is 19.8. The fraction of sp³-hybridized carbons (Fsp3) is 0.917. The van der Waals surface area contributed by atoms with Crippen LogP contribution in [-0.2, 0) is 9.53 Å². The summed E-state index contributed by atoms with van der Waals surface area (Å²) in [5.74, 6) is 0.616. The zero-order valence-corrected chi connectivity index (χ0v) is 10.2. The van der Waals surface area contributed by atoms with Crippen LogP contribution >= 0.6 is 0 Å². The minimum absolute atomic E-state index is 0.0210. The molecule has 0 aliphatic carbocycles. The summed E-state index contributed by atoms with van der Waals surface area (Å²) in [5, 5.41) is 12.1. The number of carbonyl (C=O) groups is 1. The monoisotopic (exact) mass is 229 g/mol. The third-order valence-corrected chi connectivity index (χ3v) is 2.91. The van der Waals surface area contributed by atoms with E-state index in [1.165, 1.54) is 0 Å². The number of aliphatic hydroxyl groups is 1. The van der Waals surface area contributed by atoms with Gasteiger partial charge in [0.2, 0.25) is 5.91 Å². The Hall–Kier alpha value is -0.610. The molecule has 94 valence electrons. The van der Waals surface area contributed by atoms with Crippen molar-refractivity contribution in [2.24, 2.45) is 11.8 Å². The maximum Gasteiger partial charge on any atom is 0.223 e. The van der Waals surface area contributed by atoms with Gasteiger partial charge >= 0.3 is 0 Å². The van der Waals surface area contributed by atoms with Crippen LogP contribution < -0.4 is 5.32 Å². The van der Waals surface area contributed by atoms with Crippen LogP contribution in [0.15, 0.2) is 0 Å². The summed E-state index contributed by atoms with van der Waals surface area (Å²) in [6, 6.07) is -0.102. The molecule has 1 aliphatic rings. The number of hydrogen-bond acceptors (Lipinski definition) is 3. The summed E-state index contributed by atoms with van der Waals surface area (Å²) >= 11 is 0. The van der Waals surface area contributed by atoms with Crippen LogP contribution in [0.1, 0.15) is 33.1 Å². The first-order valence-electron chi connectivity index (χ1n) is 6.12. The molecule has 4 nitrogen and oxygen atoms in total. The first-order chi connectivity index (χ1) is 7.63. The quantitative estimate of drug-likeness (QED) is 0.737. The standard InChI is InChI=1S/C12H23NO3/c1-9(2)7-11(8-14)13-12(15)10-3-5-16-6-4-10/h9-11,14H,3-8H2,1-2H3,(H,13,15). The lowest BCUT2D eigenvalue weighted by molar-refractivity contribution is -0.129. The molecule has 1 saturated heterocycles. The van der Waals surface area contributed by atoms with Gasteiger partial charge in [-0.3, -0.25) is 4.79 Å². The fourth-order valence-corrected chi connectivity index (χ4v) is 2.03. The van der Waals surface area contributed by atoms with E-state index >= 15 is 0 Å². The first-order valence-corrected chi connectivity index (χ1v) is 6.12. The highest BCUT2D eigenvalue weighted by atomic mass is 16.5. The van der Waals surface area contributed by atoms with Gasteiger partial charge in [-0.15, -0.1) is 0 Å². The smallest absolute Gasteiger partial charge is 0.223 e. The van der Waals surface area contributed by atoms with Gasteiger partial charge in [-0.1, -0.05) is 13.8 Å². The van der Waals surface area contributed by atoms with E-state index in [9.17, 15) is 9.90 Å². The number of ether oxygens (including phenoxy) is 1. The Balaban J connectivity index is 2.35. The molecule has 0 aromatic rings.